The van der Waals surface area contributed by atoms with Crippen molar-refractivity contribution in [3.8, 4) is 0 Å². The lowest BCUT2D eigenvalue weighted by Crippen LogP contribution is -2.48. The Balaban J connectivity index is 1.84. The number of carbonyl (C=O) groups is 2. The van der Waals surface area contributed by atoms with Gasteiger partial charge in [0, 0.05) is 31.9 Å². The second kappa shape index (κ2) is 9.59. The zero-order chi connectivity index (χ0) is 22.5. The van der Waals surface area contributed by atoms with E-state index in [4.69, 9.17) is 5.73 Å². The molecule has 2 heterocycles. The van der Waals surface area contributed by atoms with Gasteiger partial charge in [-0.15, -0.1) is 0 Å². The summed E-state index contributed by atoms with van der Waals surface area (Å²) in [5, 5.41) is 3.18. The van der Waals surface area contributed by atoms with Crippen LogP contribution in [0.4, 0.5) is 17.3 Å². The number of likely N-dealkylation sites (tertiary alicyclic amines) is 1. The zero-order valence-corrected chi connectivity index (χ0v) is 18.3. The van der Waals surface area contributed by atoms with Gasteiger partial charge in [0.25, 0.3) is 5.91 Å². The van der Waals surface area contributed by atoms with Crippen LogP contribution in [0.25, 0.3) is 0 Å². The summed E-state index contributed by atoms with van der Waals surface area (Å²) < 4.78 is 0. The number of anilines is 3. The van der Waals surface area contributed by atoms with E-state index in [-0.39, 0.29) is 17.6 Å². The number of primary amides is 1. The van der Waals surface area contributed by atoms with Crippen LogP contribution < -0.4 is 16.0 Å². The number of carbonyl (C=O) groups excluding carboxylic acids is 2. The van der Waals surface area contributed by atoms with Gasteiger partial charge in [0.15, 0.2) is 11.5 Å². The molecule has 0 bridgehead atoms. The van der Waals surface area contributed by atoms with Crippen molar-refractivity contribution >= 4 is 29.1 Å². The number of aromatic nitrogens is 2. The summed E-state index contributed by atoms with van der Waals surface area (Å²) in [6.07, 6.45) is 4.71. The number of nitrogens with zero attached hydrogens (tertiary/aromatic N) is 4. The molecule has 2 aromatic rings. The van der Waals surface area contributed by atoms with Gasteiger partial charge >= 0.3 is 0 Å². The molecule has 1 saturated heterocycles. The Hall–Kier alpha value is -3.42. The van der Waals surface area contributed by atoms with Crippen molar-refractivity contribution in [2.75, 3.05) is 30.4 Å². The number of amides is 2. The first-order chi connectivity index (χ1) is 14.8. The van der Waals surface area contributed by atoms with Crippen LogP contribution in [0.2, 0.25) is 0 Å². The summed E-state index contributed by atoms with van der Waals surface area (Å²) in [5.41, 5.74) is 7.61. The summed E-state index contributed by atoms with van der Waals surface area (Å²) in [7, 11) is 1.92. The SMILES string of the molecule is C=CC(=O)N1CCC[C@H](N(C)c2cnc(C(N)=O)c(Nc3ccc(C(C)C)cc3)n2)C1. The molecule has 8 heteroatoms. The molecule has 2 amide bonds. The van der Waals surface area contributed by atoms with Crippen LogP contribution in [0.15, 0.2) is 43.1 Å². The van der Waals surface area contributed by atoms with E-state index in [0.29, 0.717) is 24.1 Å². The maximum Gasteiger partial charge on any atom is 0.271 e. The number of hydrogen-bond donors (Lipinski definition) is 2. The van der Waals surface area contributed by atoms with E-state index in [1.54, 1.807) is 11.1 Å². The molecule has 1 atom stereocenters. The van der Waals surface area contributed by atoms with Crippen molar-refractivity contribution in [1.29, 1.82) is 0 Å². The molecule has 3 rings (SSSR count). The summed E-state index contributed by atoms with van der Waals surface area (Å²) in [5.74, 6) is 0.618. The van der Waals surface area contributed by atoms with Crippen LogP contribution in [0.3, 0.4) is 0 Å². The Kier molecular flexibility index (Phi) is 6.89. The average molecular weight is 423 g/mol. The third-order valence-electron chi connectivity index (χ3n) is 5.63. The predicted molar refractivity (Wildman–Crippen MR) is 123 cm³/mol. The Morgan fingerprint density at radius 1 is 1.32 bits per heavy atom. The molecule has 0 radical (unpaired) electrons. The quantitative estimate of drug-likeness (QED) is 0.665. The lowest BCUT2D eigenvalue weighted by molar-refractivity contribution is -0.127. The molecule has 3 N–H and O–H groups in total. The first-order valence-electron chi connectivity index (χ1n) is 10.5. The maximum atomic E-state index is 12.0. The number of likely N-dealkylation sites (N-methyl/N-ethyl adjacent to an activating group) is 1. The van der Waals surface area contributed by atoms with Crippen molar-refractivity contribution in [2.45, 2.75) is 38.6 Å². The fourth-order valence-electron chi connectivity index (χ4n) is 3.69. The number of rotatable bonds is 7. The molecule has 31 heavy (non-hydrogen) atoms. The lowest BCUT2D eigenvalue weighted by Gasteiger charge is -2.37. The minimum atomic E-state index is -0.650. The second-order valence-electron chi connectivity index (χ2n) is 8.09. The highest BCUT2D eigenvalue weighted by molar-refractivity contribution is 5.96. The van der Waals surface area contributed by atoms with Crippen molar-refractivity contribution < 1.29 is 9.59 Å². The van der Waals surface area contributed by atoms with E-state index in [1.165, 1.54) is 11.6 Å². The van der Waals surface area contributed by atoms with Crippen LogP contribution in [-0.4, -0.2) is 52.9 Å². The monoisotopic (exact) mass is 422 g/mol. The lowest BCUT2D eigenvalue weighted by atomic mass is 10.0. The van der Waals surface area contributed by atoms with Crippen LogP contribution in [-0.2, 0) is 4.79 Å². The minimum absolute atomic E-state index is 0.0690. The Bertz CT molecular complexity index is 957. The highest BCUT2D eigenvalue weighted by Gasteiger charge is 2.27. The molecule has 8 nitrogen and oxygen atoms in total. The highest BCUT2D eigenvalue weighted by atomic mass is 16.2. The highest BCUT2D eigenvalue weighted by Crippen LogP contribution is 2.25. The van der Waals surface area contributed by atoms with Crippen molar-refractivity contribution in [3.05, 3.63) is 54.4 Å². The minimum Gasteiger partial charge on any atom is -0.364 e. The number of benzene rings is 1. The Morgan fingerprint density at radius 3 is 2.65 bits per heavy atom. The van der Waals surface area contributed by atoms with E-state index in [0.717, 1.165) is 25.1 Å². The maximum absolute atomic E-state index is 12.0. The van der Waals surface area contributed by atoms with E-state index in [9.17, 15) is 9.59 Å². The van der Waals surface area contributed by atoms with Gasteiger partial charge in [0.05, 0.1) is 6.20 Å². The molecule has 1 fully saturated rings. The number of nitrogens with two attached hydrogens (primary N) is 1. The van der Waals surface area contributed by atoms with Crippen LogP contribution >= 0.6 is 0 Å². The number of piperidine rings is 1. The van der Waals surface area contributed by atoms with E-state index in [2.05, 4.69) is 35.7 Å². The molecule has 1 aromatic heterocycles. The largest absolute Gasteiger partial charge is 0.364 e. The van der Waals surface area contributed by atoms with Gasteiger partial charge in [-0.3, -0.25) is 9.59 Å². The van der Waals surface area contributed by atoms with Crippen molar-refractivity contribution in [2.24, 2.45) is 5.73 Å². The predicted octanol–water partition coefficient (Wildman–Crippen LogP) is 3.06. The standard InChI is InChI=1S/C23H30N6O2/c1-5-20(30)29-12-6-7-18(14-29)28(4)19-13-25-21(22(24)31)23(27-19)26-17-10-8-16(9-11-17)15(2)3/h5,8-11,13,15,18H,1,6-7,12,14H2,2-4H3,(H2,24,31)(H,26,27)/t18-/m0/s1. The molecule has 164 valence electrons. The summed E-state index contributed by atoms with van der Waals surface area (Å²) >= 11 is 0. The van der Waals surface area contributed by atoms with Crippen molar-refractivity contribution in [3.63, 3.8) is 0 Å². The van der Waals surface area contributed by atoms with Crippen LogP contribution in [0, 0.1) is 0 Å². The second-order valence-corrected chi connectivity index (χ2v) is 8.09. The normalized spacial score (nSPS) is 16.1. The third-order valence-corrected chi connectivity index (χ3v) is 5.63. The third kappa shape index (κ3) is 5.20. The van der Waals surface area contributed by atoms with Gasteiger partial charge < -0.3 is 20.9 Å². The van der Waals surface area contributed by atoms with Gasteiger partial charge in [-0.1, -0.05) is 32.6 Å². The van der Waals surface area contributed by atoms with Crippen LogP contribution in [0.1, 0.15) is 48.7 Å². The number of hydrogen-bond acceptors (Lipinski definition) is 6. The number of nitrogens with one attached hydrogen (secondary N) is 1. The molecule has 1 aliphatic rings. The summed E-state index contributed by atoms with van der Waals surface area (Å²) in [4.78, 5) is 36.6. The van der Waals surface area contributed by atoms with Crippen LogP contribution in [0.5, 0.6) is 0 Å². The van der Waals surface area contributed by atoms with Crippen molar-refractivity contribution in [1.82, 2.24) is 14.9 Å². The molecule has 0 spiro atoms. The van der Waals surface area contributed by atoms with E-state index in [1.807, 2.05) is 36.2 Å². The fourth-order valence-corrected chi connectivity index (χ4v) is 3.69. The van der Waals surface area contributed by atoms with Gasteiger partial charge in [-0.2, -0.15) is 0 Å². The Labute approximate surface area is 183 Å². The average Bonchev–Trinajstić information content (AvgIpc) is 2.78. The molecule has 0 unspecified atom stereocenters. The van der Waals surface area contributed by atoms with Gasteiger partial charge in [-0.05, 0) is 42.5 Å². The molecular formula is C23H30N6O2. The smallest absolute Gasteiger partial charge is 0.271 e. The van der Waals surface area contributed by atoms with E-state index < -0.39 is 5.91 Å². The van der Waals surface area contributed by atoms with E-state index >= 15 is 0 Å². The summed E-state index contributed by atoms with van der Waals surface area (Å²) in [6.45, 7) is 9.15. The Morgan fingerprint density at radius 2 is 2.03 bits per heavy atom. The molecule has 1 aromatic carbocycles. The molecule has 1 aliphatic heterocycles. The first-order valence-corrected chi connectivity index (χ1v) is 10.5. The topological polar surface area (TPSA) is 104 Å². The van der Waals surface area contributed by atoms with Gasteiger partial charge in [0.2, 0.25) is 5.91 Å². The zero-order valence-electron chi connectivity index (χ0n) is 18.3. The first kappa shape index (κ1) is 22.3. The molecule has 0 aliphatic carbocycles. The fraction of sp³-hybridized carbons (Fsp3) is 0.391. The van der Waals surface area contributed by atoms with Gasteiger partial charge in [-0.25, -0.2) is 9.97 Å². The molecular weight excluding hydrogens is 392 g/mol. The van der Waals surface area contributed by atoms with Gasteiger partial charge in [0.1, 0.15) is 5.82 Å². The molecule has 0 saturated carbocycles. The summed E-state index contributed by atoms with van der Waals surface area (Å²) in [6, 6.07) is 8.04.